The van der Waals surface area contributed by atoms with Crippen molar-refractivity contribution < 1.29 is 13.6 Å². The summed E-state index contributed by atoms with van der Waals surface area (Å²) in [6, 6.07) is 5.79. The van der Waals surface area contributed by atoms with Crippen LogP contribution in [0.2, 0.25) is 0 Å². The van der Waals surface area contributed by atoms with Crippen molar-refractivity contribution in [3.8, 4) is 0 Å². The molecule has 1 aliphatic heterocycles. The first-order valence-corrected chi connectivity index (χ1v) is 8.79. The Labute approximate surface area is 147 Å². The molecule has 1 aromatic heterocycles. The lowest BCUT2D eigenvalue weighted by atomic mass is 10.0. The number of nitrogens with one attached hydrogen (secondary N) is 1. The highest BCUT2D eigenvalue weighted by Gasteiger charge is 2.22. The van der Waals surface area contributed by atoms with E-state index in [1.807, 2.05) is 13.8 Å². The molecule has 0 saturated carbocycles. The third kappa shape index (κ3) is 4.45. The molecular formula is C19H24FN3O2. The predicted octanol–water partition coefficient (Wildman–Crippen LogP) is 3.08. The van der Waals surface area contributed by atoms with Crippen LogP contribution in [0.1, 0.15) is 47.5 Å². The molecule has 134 valence electrons. The summed E-state index contributed by atoms with van der Waals surface area (Å²) >= 11 is 0. The Hall–Kier alpha value is -2.21. The second-order valence-electron chi connectivity index (χ2n) is 6.50. The van der Waals surface area contributed by atoms with E-state index in [-0.39, 0.29) is 17.8 Å². The molecule has 0 aliphatic carbocycles. The Morgan fingerprint density at radius 3 is 2.60 bits per heavy atom. The normalized spacial score (nSPS) is 16.1. The van der Waals surface area contributed by atoms with Crippen LogP contribution in [0.5, 0.6) is 0 Å². The van der Waals surface area contributed by atoms with E-state index in [9.17, 15) is 9.18 Å². The number of amides is 1. The van der Waals surface area contributed by atoms with Crippen LogP contribution >= 0.6 is 0 Å². The van der Waals surface area contributed by atoms with E-state index in [1.54, 1.807) is 0 Å². The van der Waals surface area contributed by atoms with E-state index in [1.165, 1.54) is 24.3 Å². The first-order chi connectivity index (χ1) is 12.0. The lowest BCUT2D eigenvalue weighted by Crippen LogP contribution is -2.44. The summed E-state index contributed by atoms with van der Waals surface area (Å²) in [4.78, 5) is 18.9. The van der Waals surface area contributed by atoms with Crippen molar-refractivity contribution in [3.63, 3.8) is 0 Å². The average molecular weight is 345 g/mol. The van der Waals surface area contributed by atoms with Crippen molar-refractivity contribution in [3.05, 3.63) is 53.0 Å². The molecule has 0 radical (unpaired) electrons. The van der Waals surface area contributed by atoms with Crippen molar-refractivity contribution in [2.45, 2.75) is 45.7 Å². The number of aryl methyl sites for hydroxylation is 2. The Morgan fingerprint density at radius 1 is 1.32 bits per heavy atom. The van der Waals surface area contributed by atoms with E-state index in [2.05, 4.69) is 15.2 Å². The van der Waals surface area contributed by atoms with E-state index in [0.29, 0.717) is 5.56 Å². The minimum absolute atomic E-state index is 0.142. The molecule has 1 N–H and O–H groups in total. The molecule has 1 aliphatic rings. The van der Waals surface area contributed by atoms with Crippen LogP contribution in [-0.2, 0) is 13.0 Å². The fraction of sp³-hybridized carbons (Fsp3) is 0.474. The van der Waals surface area contributed by atoms with Gasteiger partial charge in [0.1, 0.15) is 11.6 Å². The third-order valence-electron chi connectivity index (χ3n) is 4.64. The topological polar surface area (TPSA) is 58.4 Å². The molecule has 2 heterocycles. The average Bonchev–Trinajstić information content (AvgIpc) is 2.97. The van der Waals surface area contributed by atoms with E-state index >= 15 is 0 Å². The number of carbonyl (C=O) groups is 1. The summed E-state index contributed by atoms with van der Waals surface area (Å²) in [5.41, 5.74) is 1.46. The number of likely N-dealkylation sites (tertiary alicyclic amines) is 1. The van der Waals surface area contributed by atoms with Crippen LogP contribution in [0.3, 0.4) is 0 Å². The molecule has 1 fully saturated rings. The fourth-order valence-corrected chi connectivity index (χ4v) is 3.09. The molecular weight excluding hydrogens is 321 g/mol. The molecule has 5 nitrogen and oxygen atoms in total. The number of nitrogens with zero attached hydrogens (tertiary/aromatic N) is 2. The van der Waals surface area contributed by atoms with Crippen molar-refractivity contribution in [1.29, 1.82) is 0 Å². The smallest absolute Gasteiger partial charge is 0.251 e. The Bertz CT molecular complexity index is 719. The zero-order valence-corrected chi connectivity index (χ0v) is 14.7. The quantitative estimate of drug-likeness (QED) is 0.905. The maximum Gasteiger partial charge on any atom is 0.251 e. The van der Waals surface area contributed by atoms with Crippen LogP contribution in [0.15, 0.2) is 28.7 Å². The molecule has 0 bridgehead atoms. The predicted molar refractivity (Wildman–Crippen MR) is 92.8 cm³/mol. The van der Waals surface area contributed by atoms with Gasteiger partial charge in [0.15, 0.2) is 5.89 Å². The summed E-state index contributed by atoms with van der Waals surface area (Å²) < 4.78 is 18.7. The van der Waals surface area contributed by atoms with Crippen molar-refractivity contribution in [2.24, 2.45) is 0 Å². The second-order valence-corrected chi connectivity index (χ2v) is 6.50. The van der Waals surface area contributed by atoms with Crippen LogP contribution in [0.4, 0.5) is 4.39 Å². The van der Waals surface area contributed by atoms with Gasteiger partial charge < -0.3 is 9.73 Å². The van der Waals surface area contributed by atoms with Gasteiger partial charge in [-0.25, -0.2) is 9.37 Å². The Morgan fingerprint density at radius 2 is 2.00 bits per heavy atom. The SMILES string of the molecule is CCc1nc(C)c(CN2CCC(NC(=O)c3ccc(F)cc3)CC2)o1. The van der Waals surface area contributed by atoms with Gasteiger partial charge >= 0.3 is 0 Å². The van der Waals surface area contributed by atoms with Gasteiger partial charge in [-0.1, -0.05) is 6.92 Å². The van der Waals surface area contributed by atoms with E-state index in [4.69, 9.17) is 4.42 Å². The molecule has 25 heavy (non-hydrogen) atoms. The number of piperidine rings is 1. The van der Waals surface area contributed by atoms with Crippen LogP contribution < -0.4 is 5.32 Å². The van der Waals surface area contributed by atoms with Gasteiger partial charge in [-0.3, -0.25) is 9.69 Å². The maximum atomic E-state index is 12.9. The largest absolute Gasteiger partial charge is 0.444 e. The summed E-state index contributed by atoms with van der Waals surface area (Å²) in [7, 11) is 0. The third-order valence-corrected chi connectivity index (χ3v) is 4.64. The lowest BCUT2D eigenvalue weighted by Gasteiger charge is -2.31. The van der Waals surface area contributed by atoms with E-state index in [0.717, 1.165) is 56.2 Å². The van der Waals surface area contributed by atoms with Gasteiger partial charge in [-0.05, 0) is 44.0 Å². The zero-order valence-electron chi connectivity index (χ0n) is 14.7. The standard InChI is InChI=1S/C19H24FN3O2/c1-3-18-21-13(2)17(25-18)12-23-10-8-16(9-11-23)22-19(24)14-4-6-15(20)7-5-14/h4-7,16H,3,8-12H2,1-2H3,(H,22,24). The molecule has 1 aromatic carbocycles. The van der Waals surface area contributed by atoms with Gasteiger partial charge in [0.05, 0.1) is 12.2 Å². The summed E-state index contributed by atoms with van der Waals surface area (Å²) in [5.74, 6) is 1.25. The zero-order chi connectivity index (χ0) is 17.8. The molecule has 0 atom stereocenters. The summed E-state index contributed by atoms with van der Waals surface area (Å²) in [5, 5.41) is 3.04. The molecule has 3 rings (SSSR count). The van der Waals surface area contributed by atoms with Crippen LogP contribution in [0.25, 0.3) is 0 Å². The highest BCUT2D eigenvalue weighted by molar-refractivity contribution is 5.94. The van der Waals surface area contributed by atoms with E-state index < -0.39 is 0 Å². The number of hydrogen-bond donors (Lipinski definition) is 1. The van der Waals surface area contributed by atoms with Crippen molar-refractivity contribution in [2.75, 3.05) is 13.1 Å². The highest BCUT2D eigenvalue weighted by atomic mass is 19.1. The van der Waals surface area contributed by atoms with Crippen LogP contribution in [0, 0.1) is 12.7 Å². The molecule has 0 spiro atoms. The monoisotopic (exact) mass is 345 g/mol. The van der Waals surface area contributed by atoms with Gasteiger partial charge in [0.2, 0.25) is 0 Å². The molecule has 6 heteroatoms. The first kappa shape index (κ1) is 17.6. The van der Waals surface area contributed by atoms with Gasteiger partial charge in [-0.2, -0.15) is 0 Å². The Balaban J connectivity index is 1.49. The number of halogens is 1. The second kappa shape index (κ2) is 7.78. The first-order valence-electron chi connectivity index (χ1n) is 8.79. The lowest BCUT2D eigenvalue weighted by molar-refractivity contribution is 0.0906. The molecule has 2 aromatic rings. The van der Waals surface area contributed by atoms with Gasteiger partial charge in [-0.15, -0.1) is 0 Å². The van der Waals surface area contributed by atoms with Crippen molar-refractivity contribution >= 4 is 5.91 Å². The van der Waals surface area contributed by atoms with Gasteiger partial charge in [0, 0.05) is 31.1 Å². The Kier molecular flexibility index (Phi) is 5.48. The molecule has 1 amide bonds. The fourth-order valence-electron chi connectivity index (χ4n) is 3.09. The minimum Gasteiger partial charge on any atom is -0.444 e. The number of aromatic nitrogens is 1. The molecule has 1 saturated heterocycles. The highest BCUT2D eigenvalue weighted by Crippen LogP contribution is 2.18. The summed E-state index contributed by atoms with van der Waals surface area (Å²) in [6.07, 6.45) is 2.58. The number of rotatable bonds is 5. The minimum atomic E-state index is -0.334. The number of hydrogen-bond acceptors (Lipinski definition) is 4. The molecule has 0 unspecified atom stereocenters. The number of oxazole rings is 1. The van der Waals surface area contributed by atoms with Crippen molar-refractivity contribution in [1.82, 2.24) is 15.2 Å². The van der Waals surface area contributed by atoms with Gasteiger partial charge in [0.25, 0.3) is 5.91 Å². The summed E-state index contributed by atoms with van der Waals surface area (Å²) in [6.45, 7) is 6.57. The van der Waals surface area contributed by atoms with Crippen LogP contribution in [-0.4, -0.2) is 34.9 Å². The maximum absolute atomic E-state index is 12.9. The number of carbonyl (C=O) groups excluding carboxylic acids is 1. The number of benzene rings is 1.